The summed E-state index contributed by atoms with van der Waals surface area (Å²) in [5, 5.41) is 9.81. The molecule has 5 aliphatic carbocycles. The van der Waals surface area contributed by atoms with Gasteiger partial charge in [0.1, 0.15) is 0 Å². The van der Waals surface area contributed by atoms with E-state index in [-0.39, 0.29) is 5.41 Å². The smallest absolute Gasteiger partial charge is 0.155 e. The molecule has 0 heterocycles. The molecule has 0 aromatic rings. The first kappa shape index (κ1) is 18.3. The quantitative estimate of drug-likeness (QED) is 0.599. The first-order valence-corrected chi connectivity index (χ1v) is 11.2. The average molecular weight is 354 g/mol. The predicted octanol–water partition coefficient (Wildman–Crippen LogP) is 5.79. The van der Waals surface area contributed by atoms with E-state index < -0.39 is 0 Å². The lowest BCUT2D eigenvalue weighted by atomic mass is 9.47. The molecule has 0 N–H and O–H groups in total. The first-order chi connectivity index (χ1) is 12.6. The number of fused-ring (bicyclic) bond motifs is 7. The number of carbonyl (C=O) groups is 1. The highest BCUT2D eigenvalue weighted by atomic mass is 16.1. The Bertz CT molecular complexity index is 658. The first-order valence-electron chi connectivity index (χ1n) is 11.2. The van der Waals surface area contributed by atoms with Crippen LogP contribution in [-0.2, 0) is 4.79 Å². The van der Waals surface area contributed by atoms with Gasteiger partial charge in [0.25, 0.3) is 0 Å². The summed E-state index contributed by atoms with van der Waals surface area (Å²) in [4.78, 5) is 11.9. The van der Waals surface area contributed by atoms with Crippen LogP contribution in [0.2, 0.25) is 0 Å². The highest BCUT2D eigenvalue weighted by Gasteiger charge is 2.70. The van der Waals surface area contributed by atoms with E-state index in [2.05, 4.69) is 19.9 Å². The summed E-state index contributed by atoms with van der Waals surface area (Å²) in [6, 6.07) is 2.73. The number of hydrogen-bond acceptors (Lipinski definition) is 2. The van der Waals surface area contributed by atoms with E-state index in [1.54, 1.807) is 0 Å². The fourth-order valence-corrected chi connectivity index (χ4v) is 7.98. The van der Waals surface area contributed by atoms with E-state index in [9.17, 15) is 10.1 Å². The zero-order valence-corrected chi connectivity index (χ0v) is 17.0. The lowest BCUT2D eigenvalue weighted by Gasteiger charge is -2.57. The molecule has 0 aliphatic heterocycles. The van der Waals surface area contributed by atoms with Crippen molar-refractivity contribution in [3.63, 3.8) is 0 Å². The lowest BCUT2D eigenvalue weighted by Crippen LogP contribution is -2.51. The molecule has 9 atom stereocenters. The number of nitriles is 1. The van der Waals surface area contributed by atoms with Gasteiger partial charge in [0.05, 0.1) is 12.0 Å². The molecule has 0 bridgehead atoms. The monoisotopic (exact) mass is 353 g/mol. The number of allylic oxidation sites excluding steroid dienone is 1. The molecule has 0 spiro atoms. The summed E-state index contributed by atoms with van der Waals surface area (Å²) >= 11 is 0. The Morgan fingerprint density at radius 2 is 2.00 bits per heavy atom. The van der Waals surface area contributed by atoms with Crippen LogP contribution in [-0.4, -0.2) is 5.78 Å². The van der Waals surface area contributed by atoms with Gasteiger partial charge in [-0.3, -0.25) is 4.79 Å². The zero-order chi connectivity index (χ0) is 18.6. The van der Waals surface area contributed by atoms with Gasteiger partial charge in [-0.25, -0.2) is 0 Å². The van der Waals surface area contributed by atoms with Crippen LogP contribution in [0.5, 0.6) is 0 Å². The van der Waals surface area contributed by atoms with Gasteiger partial charge in [-0.05, 0) is 85.0 Å². The topological polar surface area (TPSA) is 40.9 Å². The van der Waals surface area contributed by atoms with Gasteiger partial charge in [0, 0.05) is 6.42 Å². The number of hydrogen-bond donors (Lipinski definition) is 0. The summed E-state index contributed by atoms with van der Waals surface area (Å²) in [6.07, 6.45) is 10.2. The van der Waals surface area contributed by atoms with E-state index in [0.29, 0.717) is 23.5 Å². The zero-order valence-electron chi connectivity index (χ0n) is 17.0. The third-order valence-electron chi connectivity index (χ3n) is 8.92. The van der Waals surface area contributed by atoms with Crippen molar-refractivity contribution in [2.45, 2.75) is 72.6 Å². The molecule has 5 rings (SSSR count). The minimum Gasteiger partial charge on any atom is -0.295 e. The van der Waals surface area contributed by atoms with Gasteiger partial charge in [-0.2, -0.15) is 5.26 Å². The number of nitrogens with zero attached hydrogens (tertiary/aromatic N) is 1. The maximum Gasteiger partial charge on any atom is 0.155 e. The van der Waals surface area contributed by atoms with E-state index >= 15 is 0 Å². The second-order valence-electron chi connectivity index (χ2n) is 9.68. The third kappa shape index (κ3) is 2.38. The van der Waals surface area contributed by atoms with Crippen LogP contribution < -0.4 is 0 Å². The second kappa shape index (κ2) is 6.50. The van der Waals surface area contributed by atoms with Crippen molar-refractivity contribution in [2.24, 2.45) is 52.8 Å². The molecule has 0 radical (unpaired) electrons. The summed E-state index contributed by atoms with van der Waals surface area (Å²) in [7, 11) is 0. The number of ketones is 1. The highest BCUT2D eigenvalue weighted by molar-refractivity contribution is 5.91. The van der Waals surface area contributed by atoms with Gasteiger partial charge in [0.2, 0.25) is 0 Å². The number of rotatable bonds is 1. The van der Waals surface area contributed by atoms with Crippen molar-refractivity contribution in [1.82, 2.24) is 0 Å². The fraction of sp³-hybridized carbons (Fsp3) is 0.833. The molecule has 0 aromatic carbocycles. The summed E-state index contributed by atoms with van der Waals surface area (Å²) in [6.45, 7) is 8.80. The average Bonchev–Trinajstić information content (AvgIpc) is 3.37. The molecule has 142 valence electrons. The molecule has 2 nitrogen and oxygen atoms in total. The Kier molecular flexibility index (Phi) is 4.57. The van der Waals surface area contributed by atoms with E-state index in [1.165, 1.54) is 31.3 Å². The predicted molar refractivity (Wildman–Crippen MR) is 104 cm³/mol. The Morgan fingerprint density at radius 3 is 2.69 bits per heavy atom. The van der Waals surface area contributed by atoms with Crippen LogP contribution in [0.15, 0.2) is 11.6 Å². The molecule has 26 heavy (non-hydrogen) atoms. The SMILES string of the molecule is CC.CCC1CC2=CC(=O)CCC2C2CCC3(C)C(C#N)C4CC4C3C12. The fourth-order valence-electron chi connectivity index (χ4n) is 7.98. The van der Waals surface area contributed by atoms with Crippen molar-refractivity contribution in [3.05, 3.63) is 11.6 Å². The summed E-state index contributed by atoms with van der Waals surface area (Å²) < 4.78 is 0. The molecule has 2 heteroatoms. The van der Waals surface area contributed by atoms with E-state index in [1.807, 2.05) is 19.9 Å². The molecule has 5 aliphatic rings. The van der Waals surface area contributed by atoms with Crippen LogP contribution in [0.25, 0.3) is 0 Å². The Balaban J connectivity index is 0.000000814. The maximum absolute atomic E-state index is 11.9. The van der Waals surface area contributed by atoms with E-state index in [0.717, 1.165) is 48.9 Å². The Hall–Kier alpha value is -1.10. The van der Waals surface area contributed by atoms with Crippen molar-refractivity contribution in [2.75, 3.05) is 0 Å². The molecular formula is C24H35NO. The highest BCUT2D eigenvalue weighted by Crippen LogP contribution is 2.75. The summed E-state index contributed by atoms with van der Waals surface area (Å²) in [5.41, 5.74) is 1.77. The van der Waals surface area contributed by atoms with E-state index in [4.69, 9.17) is 0 Å². The normalized spacial score (nSPS) is 50.7. The van der Waals surface area contributed by atoms with Crippen molar-refractivity contribution >= 4 is 5.78 Å². The van der Waals surface area contributed by atoms with Crippen molar-refractivity contribution in [3.8, 4) is 6.07 Å². The Morgan fingerprint density at radius 1 is 1.23 bits per heavy atom. The molecule has 9 unspecified atom stereocenters. The van der Waals surface area contributed by atoms with Crippen molar-refractivity contribution in [1.29, 1.82) is 5.26 Å². The maximum atomic E-state index is 11.9. The van der Waals surface area contributed by atoms with Gasteiger partial charge < -0.3 is 0 Å². The van der Waals surface area contributed by atoms with Gasteiger partial charge in [0.15, 0.2) is 5.78 Å². The van der Waals surface area contributed by atoms with Gasteiger partial charge >= 0.3 is 0 Å². The van der Waals surface area contributed by atoms with Crippen LogP contribution in [0.4, 0.5) is 0 Å². The lowest BCUT2D eigenvalue weighted by molar-refractivity contribution is -0.116. The Labute approximate surface area is 159 Å². The minimum absolute atomic E-state index is 0.280. The largest absolute Gasteiger partial charge is 0.295 e. The molecule has 4 fully saturated rings. The molecule has 0 amide bonds. The molecule has 0 saturated heterocycles. The van der Waals surface area contributed by atoms with Gasteiger partial charge in [-0.15, -0.1) is 0 Å². The molecule has 4 saturated carbocycles. The van der Waals surface area contributed by atoms with Crippen LogP contribution in [0.3, 0.4) is 0 Å². The standard InChI is InChI=1S/C22H29NO.C2H6/c1-3-12-8-13-9-14(24)4-5-15(13)16-6-7-22(2)19(11-23)17-10-18(17)21(22)20(12)16;1-2/h9,12,15-21H,3-8,10H2,1-2H3;1-2H3. The van der Waals surface area contributed by atoms with Crippen LogP contribution in [0, 0.1) is 64.1 Å². The minimum atomic E-state index is 0.280. The number of carbonyl (C=O) groups excluding carboxylic acids is 1. The molecule has 0 aromatic heterocycles. The second-order valence-corrected chi connectivity index (χ2v) is 9.68. The van der Waals surface area contributed by atoms with Gasteiger partial charge in [-0.1, -0.05) is 39.7 Å². The summed E-state index contributed by atoms with van der Waals surface area (Å²) in [5.74, 6) is 6.06. The van der Waals surface area contributed by atoms with Crippen LogP contribution >= 0.6 is 0 Å². The third-order valence-corrected chi connectivity index (χ3v) is 8.92. The van der Waals surface area contributed by atoms with Crippen molar-refractivity contribution < 1.29 is 4.79 Å². The molecular weight excluding hydrogens is 318 g/mol. The van der Waals surface area contributed by atoms with Crippen LogP contribution in [0.1, 0.15) is 72.6 Å².